The van der Waals surface area contributed by atoms with Crippen LogP contribution in [0.25, 0.3) is 0 Å². The van der Waals surface area contributed by atoms with Gasteiger partial charge in [-0.05, 0) is 42.7 Å². The number of benzene rings is 1. The minimum Gasteiger partial charge on any atom is -0.496 e. The van der Waals surface area contributed by atoms with E-state index in [9.17, 15) is 4.79 Å². The van der Waals surface area contributed by atoms with Gasteiger partial charge in [-0.2, -0.15) is 0 Å². The van der Waals surface area contributed by atoms with Crippen LogP contribution in [-0.4, -0.2) is 24.3 Å². The predicted molar refractivity (Wildman–Crippen MR) is 76.7 cm³/mol. The maximum atomic E-state index is 12.5. The summed E-state index contributed by atoms with van der Waals surface area (Å²) in [5, 5.41) is 3.59. The summed E-state index contributed by atoms with van der Waals surface area (Å²) in [7, 11) is 1.58. The molecule has 0 atom stereocenters. The second-order valence-electron chi connectivity index (χ2n) is 4.81. The van der Waals surface area contributed by atoms with Crippen molar-refractivity contribution in [3.05, 3.63) is 41.3 Å². The Labute approximate surface area is 121 Å². The van der Waals surface area contributed by atoms with E-state index in [0.29, 0.717) is 22.8 Å². The van der Waals surface area contributed by atoms with Crippen molar-refractivity contribution < 1.29 is 14.1 Å². The zero-order chi connectivity index (χ0) is 14.1. The van der Waals surface area contributed by atoms with Gasteiger partial charge in [0.2, 0.25) is 5.78 Å². The first kappa shape index (κ1) is 13.2. The van der Waals surface area contributed by atoms with Gasteiger partial charge < -0.3 is 9.26 Å². The molecule has 20 heavy (non-hydrogen) atoms. The third kappa shape index (κ3) is 2.33. The maximum Gasteiger partial charge on any atom is 0.201 e. The predicted octanol–water partition coefficient (Wildman–Crippen LogP) is 3.51. The van der Waals surface area contributed by atoms with Crippen LogP contribution in [0.3, 0.4) is 0 Å². The van der Waals surface area contributed by atoms with Gasteiger partial charge in [-0.25, -0.2) is 0 Å². The second kappa shape index (κ2) is 5.32. The van der Waals surface area contributed by atoms with Gasteiger partial charge in [-0.3, -0.25) is 4.79 Å². The molecule has 2 aromatic rings. The molecule has 5 heteroatoms. The van der Waals surface area contributed by atoms with Crippen LogP contribution in [0.4, 0.5) is 0 Å². The minimum absolute atomic E-state index is 0.113. The Hall–Kier alpha value is -1.75. The molecule has 4 nitrogen and oxygen atoms in total. The first-order valence-electron chi connectivity index (χ1n) is 6.44. The molecule has 1 aliphatic rings. The van der Waals surface area contributed by atoms with Crippen LogP contribution in [0, 0.1) is 0 Å². The van der Waals surface area contributed by atoms with Gasteiger partial charge in [0.25, 0.3) is 0 Å². The van der Waals surface area contributed by atoms with Crippen molar-refractivity contribution in [1.82, 2.24) is 5.16 Å². The van der Waals surface area contributed by atoms with E-state index in [4.69, 9.17) is 9.26 Å². The first-order valence-corrected chi connectivity index (χ1v) is 7.67. The third-order valence-corrected chi connectivity index (χ3v) is 4.30. The Morgan fingerprint density at radius 1 is 1.45 bits per heavy atom. The summed E-state index contributed by atoms with van der Waals surface area (Å²) in [6.07, 6.45) is 7.23. The van der Waals surface area contributed by atoms with E-state index in [0.717, 1.165) is 0 Å². The normalized spacial score (nSPS) is 14.3. The average Bonchev–Trinajstić information content (AvgIpc) is 3.19. The summed E-state index contributed by atoms with van der Waals surface area (Å²) in [5.74, 6) is 1.07. The summed E-state index contributed by atoms with van der Waals surface area (Å²) in [6.45, 7) is 0. The molecule has 0 radical (unpaired) electrons. The molecule has 1 aliphatic carbocycles. The van der Waals surface area contributed by atoms with Crippen LogP contribution >= 0.6 is 11.8 Å². The third-order valence-electron chi connectivity index (χ3n) is 3.51. The van der Waals surface area contributed by atoms with Crippen LogP contribution < -0.4 is 4.74 Å². The molecule has 0 N–H and O–H groups in total. The summed E-state index contributed by atoms with van der Waals surface area (Å²) >= 11 is 1.69. The van der Waals surface area contributed by atoms with E-state index in [-0.39, 0.29) is 5.78 Å². The van der Waals surface area contributed by atoms with Crippen molar-refractivity contribution in [2.45, 2.75) is 23.7 Å². The van der Waals surface area contributed by atoms with E-state index in [2.05, 4.69) is 5.16 Å². The molecule has 1 saturated carbocycles. The van der Waals surface area contributed by atoms with Gasteiger partial charge in [0.1, 0.15) is 12.0 Å². The molecule has 0 unspecified atom stereocenters. The molecule has 1 fully saturated rings. The topological polar surface area (TPSA) is 52.3 Å². The Morgan fingerprint density at radius 2 is 2.25 bits per heavy atom. The number of ether oxygens (including phenoxy) is 1. The molecule has 0 spiro atoms. The van der Waals surface area contributed by atoms with Gasteiger partial charge >= 0.3 is 0 Å². The van der Waals surface area contributed by atoms with Gasteiger partial charge in [-0.15, -0.1) is 11.8 Å². The van der Waals surface area contributed by atoms with Crippen molar-refractivity contribution in [2.24, 2.45) is 0 Å². The summed E-state index contributed by atoms with van der Waals surface area (Å²) in [4.78, 5) is 13.7. The van der Waals surface area contributed by atoms with Crippen molar-refractivity contribution in [3.8, 4) is 5.75 Å². The number of methoxy groups -OCH3 is 1. The summed E-state index contributed by atoms with van der Waals surface area (Å²) in [5.41, 5.74) is 2.27. The number of rotatable bonds is 5. The van der Waals surface area contributed by atoms with Gasteiger partial charge in [-0.1, -0.05) is 5.16 Å². The Morgan fingerprint density at radius 3 is 2.80 bits per heavy atom. The fourth-order valence-corrected chi connectivity index (χ4v) is 2.97. The number of aromatic nitrogens is 1. The second-order valence-corrected chi connectivity index (χ2v) is 5.66. The molecular weight excluding hydrogens is 274 g/mol. The number of ketones is 1. The molecule has 104 valence electrons. The zero-order valence-corrected chi connectivity index (χ0v) is 12.2. The minimum atomic E-state index is -0.113. The van der Waals surface area contributed by atoms with Crippen molar-refractivity contribution in [1.29, 1.82) is 0 Å². The lowest BCUT2D eigenvalue weighted by Crippen LogP contribution is -2.05. The fourth-order valence-electron chi connectivity index (χ4n) is 2.29. The first-order chi connectivity index (χ1) is 9.74. The maximum absolute atomic E-state index is 12.5. The quantitative estimate of drug-likeness (QED) is 0.622. The van der Waals surface area contributed by atoms with Crippen LogP contribution in [-0.2, 0) is 0 Å². The van der Waals surface area contributed by atoms with Crippen LogP contribution in [0.15, 0.2) is 34.0 Å². The monoisotopic (exact) mass is 289 g/mol. The highest BCUT2D eigenvalue weighted by molar-refractivity contribution is 7.98. The highest BCUT2D eigenvalue weighted by atomic mass is 32.2. The van der Waals surface area contributed by atoms with Gasteiger partial charge in [0.15, 0.2) is 0 Å². The summed E-state index contributed by atoms with van der Waals surface area (Å²) in [6, 6.07) is 3.93. The molecule has 1 aromatic carbocycles. The van der Waals surface area contributed by atoms with E-state index in [1.165, 1.54) is 35.8 Å². The average molecular weight is 289 g/mol. The molecule has 0 aliphatic heterocycles. The number of thioether (sulfide) groups is 1. The van der Waals surface area contributed by atoms with Crippen molar-refractivity contribution in [3.63, 3.8) is 0 Å². The molecule has 1 aromatic heterocycles. The molecule has 0 amide bonds. The lowest BCUT2D eigenvalue weighted by atomic mass is 10.0. The van der Waals surface area contributed by atoms with Gasteiger partial charge in [0, 0.05) is 4.90 Å². The number of carbonyl (C=O) groups is 1. The van der Waals surface area contributed by atoms with Crippen LogP contribution in [0.1, 0.15) is 40.2 Å². The number of nitrogens with zero attached hydrogens (tertiary/aromatic N) is 1. The highest BCUT2D eigenvalue weighted by Crippen LogP contribution is 2.46. The number of hydrogen-bond acceptors (Lipinski definition) is 5. The Balaban J connectivity index is 2.08. The van der Waals surface area contributed by atoms with Crippen LogP contribution in [0.5, 0.6) is 5.75 Å². The van der Waals surface area contributed by atoms with Crippen molar-refractivity contribution in [2.75, 3.05) is 13.4 Å². The highest BCUT2D eigenvalue weighted by Gasteiger charge is 2.28. The SMILES string of the molecule is COc1cc(SC)c(C2CC2)cc1C(=O)c1cnoc1. The zero-order valence-electron chi connectivity index (χ0n) is 11.4. The van der Waals surface area contributed by atoms with Crippen LogP contribution in [0.2, 0.25) is 0 Å². The Bertz CT molecular complexity index is 633. The lowest BCUT2D eigenvalue weighted by molar-refractivity contribution is 0.103. The van der Waals surface area contributed by atoms with E-state index >= 15 is 0 Å². The smallest absolute Gasteiger partial charge is 0.201 e. The Kier molecular flexibility index (Phi) is 3.53. The summed E-state index contributed by atoms with van der Waals surface area (Å²) < 4.78 is 10.1. The van der Waals surface area contributed by atoms with E-state index in [1.54, 1.807) is 18.9 Å². The number of carbonyl (C=O) groups excluding carboxylic acids is 1. The number of hydrogen-bond donors (Lipinski definition) is 0. The van der Waals surface area contributed by atoms with E-state index < -0.39 is 0 Å². The standard InChI is InChI=1S/C15H15NO3S/c1-18-13-6-14(20-2)11(9-3-4-9)5-12(13)15(17)10-7-16-19-8-10/h5-9H,3-4H2,1-2H3. The lowest BCUT2D eigenvalue weighted by Gasteiger charge is -2.13. The molecule has 3 rings (SSSR count). The molecular formula is C15H15NO3S. The largest absolute Gasteiger partial charge is 0.496 e. The van der Waals surface area contributed by atoms with Crippen molar-refractivity contribution >= 4 is 17.5 Å². The molecule has 0 bridgehead atoms. The van der Waals surface area contributed by atoms with E-state index in [1.807, 2.05) is 18.4 Å². The fraction of sp³-hybridized carbons (Fsp3) is 0.333. The molecule has 1 heterocycles. The molecule has 0 saturated heterocycles. The van der Waals surface area contributed by atoms with Gasteiger partial charge in [0.05, 0.1) is 24.4 Å².